The van der Waals surface area contributed by atoms with Crippen LogP contribution in [0.25, 0.3) is 0 Å². The minimum absolute atomic E-state index is 0.0303. The van der Waals surface area contributed by atoms with Crippen LogP contribution in [0.1, 0.15) is 33.4 Å². The van der Waals surface area contributed by atoms with Crippen molar-refractivity contribution in [2.75, 3.05) is 0 Å². The first-order chi connectivity index (χ1) is 35.7. The molecule has 0 unspecified atom stereocenters. The molecule has 0 aliphatic heterocycles. The number of alkyl halides is 6. The molecular formula is C60H45BF6N2O3P2. The van der Waals surface area contributed by atoms with Crippen LogP contribution in [0.3, 0.4) is 0 Å². The third-order valence-corrected chi connectivity index (χ3v) is 24.9. The fraction of sp³-hybridized carbons (Fsp3) is 0.0667. The molecule has 9 rings (SSSR count). The number of nitriles is 2. The Balaban J connectivity index is 1.47. The van der Waals surface area contributed by atoms with Gasteiger partial charge in [0.25, 0.3) is 0 Å². The second kappa shape index (κ2) is 20.6. The standard InChI is InChI=1S/C60H45BF6N2O3P2/c62-59(63,64)50-39-51(60(65,66)67)41-52(40-50)70-61(71-73(53-19-7-1-8-20-53,54-21-9-2-10-22-54,55-23-11-3-12-24-55)44-48-35-31-46(42-68)32-36-48)72-74(56-25-13-4-14-26-56,57-27-15-5-16-28-57,58-29-17-6-18-30-58)45-49-37-33-47(43-69)34-38-49/h1-41H,44-45H2. The Labute approximate surface area is 426 Å². The summed E-state index contributed by atoms with van der Waals surface area (Å²) >= 11 is 0. The molecule has 0 saturated carbocycles. The summed E-state index contributed by atoms with van der Waals surface area (Å²) in [4.78, 5) is 0. The number of nitrogens with zero attached hydrogens (tertiary/aromatic N) is 2. The molecule has 0 aromatic heterocycles. The summed E-state index contributed by atoms with van der Waals surface area (Å²) in [6, 6.07) is 75.3. The van der Waals surface area contributed by atoms with E-state index >= 15 is 0 Å². The second-order valence-corrected chi connectivity index (χ2v) is 26.7. The van der Waals surface area contributed by atoms with Crippen molar-refractivity contribution in [2.45, 2.75) is 24.7 Å². The van der Waals surface area contributed by atoms with E-state index < -0.39 is 50.2 Å². The molecule has 0 aliphatic carbocycles. The maximum atomic E-state index is 14.9. The van der Waals surface area contributed by atoms with Gasteiger partial charge in [0.2, 0.25) is 0 Å². The van der Waals surface area contributed by atoms with Gasteiger partial charge in [-0.1, -0.05) is 0 Å². The Hall–Kier alpha value is -7.82. The molecule has 0 atom stereocenters. The summed E-state index contributed by atoms with van der Waals surface area (Å²) < 4.78 is 113. The Bertz CT molecular complexity index is 3010. The van der Waals surface area contributed by atoms with Gasteiger partial charge in [0, 0.05) is 0 Å². The van der Waals surface area contributed by atoms with Crippen molar-refractivity contribution >= 4 is 52.8 Å². The van der Waals surface area contributed by atoms with Gasteiger partial charge >= 0.3 is 428 Å². The summed E-state index contributed by atoms with van der Waals surface area (Å²) in [5.74, 6) is -0.828. The molecule has 0 aliphatic rings. The van der Waals surface area contributed by atoms with Gasteiger partial charge in [-0.3, -0.25) is 0 Å². The predicted molar refractivity (Wildman–Crippen MR) is 285 cm³/mol. The molecule has 9 aromatic carbocycles. The predicted octanol–water partition coefficient (Wildman–Crippen LogP) is 13.2. The molecule has 0 saturated heterocycles. The van der Waals surface area contributed by atoms with Crippen molar-refractivity contribution in [1.82, 2.24) is 0 Å². The molecular weight excluding hydrogens is 983 g/mol. The van der Waals surface area contributed by atoms with E-state index in [-0.39, 0.29) is 18.4 Å². The van der Waals surface area contributed by atoms with Gasteiger partial charge in [0.15, 0.2) is 0 Å². The minimum atomic E-state index is -5.24. The van der Waals surface area contributed by atoms with Gasteiger partial charge in [-0.2, -0.15) is 0 Å². The molecule has 0 spiro atoms. The van der Waals surface area contributed by atoms with Crippen molar-refractivity contribution in [3.63, 3.8) is 0 Å². The average molecular weight is 1030 g/mol. The third kappa shape index (κ3) is 9.51. The van der Waals surface area contributed by atoms with E-state index in [0.717, 1.165) is 0 Å². The summed E-state index contributed by atoms with van der Waals surface area (Å²) in [5, 5.41) is 23.6. The molecule has 14 heteroatoms. The summed E-state index contributed by atoms with van der Waals surface area (Å²) in [6.07, 6.45) is -10.4. The number of hydrogen-bond donors (Lipinski definition) is 0. The SMILES string of the molecule is N#Cc1ccc(CP(OB(Oc2cc(C(F)(F)F)cc(C(F)(F)F)c2)OP(Cc2ccc(C#N)cc2)(c2ccccc2)(c2ccccc2)c2ccccc2)(c2ccccc2)(c2ccccc2)c2ccccc2)cc1. The number of rotatable bonds is 16. The first-order valence-electron chi connectivity index (χ1n) is 23.4. The fourth-order valence-electron chi connectivity index (χ4n) is 9.96. The molecule has 74 heavy (non-hydrogen) atoms. The monoisotopic (exact) mass is 1030 g/mol. The third-order valence-electron chi connectivity index (χ3n) is 13.4. The van der Waals surface area contributed by atoms with Gasteiger partial charge in [-0.15, -0.1) is 0 Å². The molecule has 0 bridgehead atoms. The van der Waals surface area contributed by atoms with E-state index in [1.54, 1.807) is 48.5 Å². The van der Waals surface area contributed by atoms with Crippen molar-refractivity contribution < 1.29 is 39.9 Å². The number of halogens is 6. The quantitative estimate of drug-likeness (QED) is 0.0548. The average Bonchev–Trinajstić information content (AvgIpc) is 3.44. The second-order valence-electron chi connectivity index (χ2n) is 17.7. The number of hydrogen-bond acceptors (Lipinski definition) is 5. The van der Waals surface area contributed by atoms with Crippen LogP contribution in [0.15, 0.2) is 249 Å². The Kier molecular flexibility index (Phi) is 14.2. The zero-order chi connectivity index (χ0) is 51.9. The van der Waals surface area contributed by atoms with Crippen LogP contribution in [0.2, 0.25) is 0 Å². The van der Waals surface area contributed by atoms with Gasteiger partial charge < -0.3 is 0 Å². The molecule has 0 radical (unpaired) electrons. The first-order valence-corrected chi connectivity index (χ1v) is 28.1. The first kappa shape index (κ1) is 51.1. The summed E-state index contributed by atoms with van der Waals surface area (Å²) in [7, 11) is -2.17. The van der Waals surface area contributed by atoms with Gasteiger partial charge in [-0.05, 0) is 0 Å². The van der Waals surface area contributed by atoms with Crippen molar-refractivity contribution in [3.8, 4) is 17.9 Å². The Morgan fingerprint density at radius 1 is 0.365 bits per heavy atom. The van der Waals surface area contributed by atoms with E-state index in [9.17, 15) is 36.9 Å². The van der Waals surface area contributed by atoms with Crippen LogP contribution >= 0.6 is 13.7 Å². The zero-order valence-electron chi connectivity index (χ0n) is 39.4. The van der Waals surface area contributed by atoms with Gasteiger partial charge in [0.1, 0.15) is 0 Å². The van der Waals surface area contributed by atoms with Crippen LogP contribution in [0.4, 0.5) is 26.3 Å². The molecule has 0 heterocycles. The maximum absolute atomic E-state index is 14.9. The Morgan fingerprint density at radius 2 is 0.622 bits per heavy atom. The molecule has 0 N–H and O–H groups in total. The van der Waals surface area contributed by atoms with E-state index in [0.29, 0.717) is 66.2 Å². The number of benzene rings is 9. The van der Waals surface area contributed by atoms with E-state index in [4.69, 9.17) is 13.5 Å². The summed E-state index contributed by atoms with van der Waals surface area (Å²) in [5.41, 5.74) is -1.07. The van der Waals surface area contributed by atoms with E-state index in [1.807, 2.05) is 182 Å². The zero-order valence-corrected chi connectivity index (χ0v) is 41.2. The van der Waals surface area contributed by atoms with Crippen LogP contribution in [-0.2, 0) is 33.6 Å². The van der Waals surface area contributed by atoms with Crippen LogP contribution in [-0.4, -0.2) is 7.32 Å². The van der Waals surface area contributed by atoms with Crippen LogP contribution < -0.4 is 36.5 Å². The van der Waals surface area contributed by atoms with Crippen molar-refractivity contribution in [3.05, 3.63) is 282 Å². The molecule has 9 aromatic rings. The molecule has 5 nitrogen and oxygen atoms in total. The van der Waals surface area contributed by atoms with Crippen LogP contribution in [0.5, 0.6) is 5.75 Å². The normalized spacial score (nSPS) is 13.0. The van der Waals surface area contributed by atoms with E-state index in [2.05, 4.69) is 12.1 Å². The van der Waals surface area contributed by atoms with Crippen LogP contribution in [0, 0.1) is 22.7 Å². The molecule has 0 amide bonds. The Morgan fingerprint density at radius 3 is 0.851 bits per heavy atom. The topological polar surface area (TPSA) is 75.3 Å². The summed E-state index contributed by atoms with van der Waals surface area (Å²) in [6.45, 7) is -9.91. The van der Waals surface area contributed by atoms with Gasteiger partial charge in [0.05, 0.1) is 0 Å². The molecule has 0 fully saturated rings. The van der Waals surface area contributed by atoms with Crippen molar-refractivity contribution in [2.24, 2.45) is 0 Å². The van der Waals surface area contributed by atoms with Crippen molar-refractivity contribution in [1.29, 1.82) is 10.5 Å². The molecule has 368 valence electrons. The fourth-order valence-corrected chi connectivity index (χ4v) is 21.4. The van der Waals surface area contributed by atoms with Gasteiger partial charge in [-0.25, -0.2) is 0 Å². The van der Waals surface area contributed by atoms with E-state index in [1.165, 1.54) is 0 Å².